The normalized spacial score (nSPS) is 18.0. The zero-order valence-corrected chi connectivity index (χ0v) is 12.5. The summed E-state index contributed by atoms with van der Waals surface area (Å²) in [5.74, 6) is -0.416. The molecule has 1 N–H and O–H groups in total. The van der Waals surface area contributed by atoms with E-state index in [1.807, 2.05) is 24.3 Å². The molecular formula is C16H16N2O4. The van der Waals surface area contributed by atoms with Gasteiger partial charge in [0.15, 0.2) is 0 Å². The topological polar surface area (TPSA) is 73.1 Å². The number of fused-ring (bicyclic) bond motifs is 1. The van der Waals surface area contributed by atoms with Crippen molar-refractivity contribution in [2.45, 2.75) is 13.0 Å². The Hall–Kier alpha value is -2.76. The second-order valence-corrected chi connectivity index (χ2v) is 4.91. The lowest BCUT2D eigenvalue weighted by Gasteiger charge is -2.26. The van der Waals surface area contributed by atoms with Crippen LogP contribution in [0, 0.1) is 0 Å². The molecule has 2 aromatic rings. The van der Waals surface area contributed by atoms with Crippen molar-refractivity contribution in [1.29, 1.82) is 0 Å². The number of esters is 1. The standard InChI is InChI=1S/C16H16N2O4/c1-9-13(15(19)20-2)14(18-16(17-9)21-3)11-4-5-12-10(8-11)6-7-22-12/h4-8,14H,1-3H3,(H,17,18). The van der Waals surface area contributed by atoms with Crippen molar-refractivity contribution in [2.24, 2.45) is 4.99 Å². The molecule has 0 radical (unpaired) electrons. The first kappa shape index (κ1) is 14.2. The van der Waals surface area contributed by atoms with Crippen molar-refractivity contribution >= 4 is 23.0 Å². The van der Waals surface area contributed by atoms with Crippen LogP contribution in [-0.2, 0) is 14.3 Å². The summed E-state index contributed by atoms with van der Waals surface area (Å²) in [4.78, 5) is 16.3. The Morgan fingerprint density at radius 1 is 1.32 bits per heavy atom. The van der Waals surface area contributed by atoms with Crippen LogP contribution in [0.3, 0.4) is 0 Å². The number of nitrogens with zero attached hydrogens (tertiary/aromatic N) is 1. The van der Waals surface area contributed by atoms with Gasteiger partial charge in [0.25, 0.3) is 6.02 Å². The second kappa shape index (κ2) is 5.55. The van der Waals surface area contributed by atoms with Crippen molar-refractivity contribution < 1.29 is 18.7 Å². The van der Waals surface area contributed by atoms with Crippen LogP contribution in [0.2, 0.25) is 0 Å². The monoisotopic (exact) mass is 300 g/mol. The van der Waals surface area contributed by atoms with Crippen LogP contribution in [0.4, 0.5) is 0 Å². The lowest BCUT2D eigenvalue weighted by atomic mass is 9.95. The number of methoxy groups -OCH3 is 2. The Kier molecular flexibility index (Phi) is 3.58. The molecule has 22 heavy (non-hydrogen) atoms. The maximum Gasteiger partial charge on any atom is 0.338 e. The van der Waals surface area contributed by atoms with Crippen LogP contribution in [-0.4, -0.2) is 26.2 Å². The average molecular weight is 300 g/mol. The lowest BCUT2D eigenvalue weighted by molar-refractivity contribution is -0.136. The molecule has 0 fully saturated rings. The molecule has 3 rings (SSSR count). The van der Waals surface area contributed by atoms with Gasteiger partial charge in [0.2, 0.25) is 0 Å². The van der Waals surface area contributed by atoms with E-state index in [0.29, 0.717) is 17.3 Å². The van der Waals surface area contributed by atoms with Crippen LogP contribution < -0.4 is 5.32 Å². The third-order valence-corrected chi connectivity index (χ3v) is 3.62. The van der Waals surface area contributed by atoms with Crippen LogP contribution in [0.25, 0.3) is 11.0 Å². The Balaban J connectivity index is 2.10. The first-order valence-electron chi connectivity index (χ1n) is 6.79. The van der Waals surface area contributed by atoms with Gasteiger partial charge in [-0.3, -0.25) is 0 Å². The third kappa shape index (κ3) is 2.32. The summed E-state index contributed by atoms with van der Waals surface area (Å²) in [7, 11) is 2.88. The fraction of sp³-hybridized carbons (Fsp3) is 0.250. The Morgan fingerprint density at radius 3 is 2.86 bits per heavy atom. The number of ether oxygens (including phenoxy) is 2. The first-order chi connectivity index (χ1) is 10.6. The van der Waals surface area contributed by atoms with Gasteiger partial charge in [-0.15, -0.1) is 0 Å². The molecule has 1 aliphatic rings. The van der Waals surface area contributed by atoms with E-state index in [9.17, 15) is 4.79 Å². The predicted octanol–water partition coefficient (Wildman–Crippen LogP) is 2.53. The molecule has 1 aliphatic heterocycles. The summed E-state index contributed by atoms with van der Waals surface area (Å²) < 4.78 is 15.4. The number of allylic oxidation sites excluding steroid dienone is 1. The summed E-state index contributed by atoms with van der Waals surface area (Å²) >= 11 is 0. The van der Waals surface area contributed by atoms with Crippen molar-refractivity contribution in [1.82, 2.24) is 5.32 Å². The molecule has 1 atom stereocenters. The molecule has 6 heteroatoms. The van der Waals surface area contributed by atoms with E-state index in [1.165, 1.54) is 14.2 Å². The highest BCUT2D eigenvalue weighted by Gasteiger charge is 2.30. The quantitative estimate of drug-likeness (QED) is 0.863. The molecule has 0 bridgehead atoms. The Labute approximate surface area is 127 Å². The first-order valence-corrected chi connectivity index (χ1v) is 6.79. The van der Waals surface area contributed by atoms with Gasteiger partial charge in [-0.1, -0.05) is 6.07 Å². The molecule has 0 saturated carbocycles. The number of amidine groups is 1. The molecule has 1 aromatic heterocycles. The minimum atomic E-state index is -0.416. The minimum absolute atomic E-state index is 0.363. The molecule has 2 heterocycles. The smallest absolute Gasteiger partial charge is 0.338 e. The van der Waals surface area contributed by atoms with Crippen molar-refractivity contribution in [2.75, 3.05) is 14.2 Å². The molecule has 0 spiro atoms. The molecule has 1 aromatic carbocycles. The molecule has 0 saturated heterocycles. The summed E-state index contributed by atoms with van der Waals surface area (Å²) in [6.07, 6.45) is 1.63. The van der Waals surface area contributed by atoms with Crippen LogP contribution >= 0.6 is 0 Å². The van der Waals surface area contributed by atoms with E-state index in [-0.39, 0.29) is 6.04 Å². The summed E-state index contributed by atoms with van der Waals surface area (Å²) in [6.45, 7) is 1.76. The number of carbonyl (C=O) groups excluding carboxylic acids is 1. The van der Waals surface area contributed by atoms with Crippen LogP contribution in [0.1, 0.15) is 18.5 Å². The van der Waals surface area contributed by atoms with E-state index < -0.39 is 5.97 Å². The number of nitrogens with one attached hydrogen (secondary N) is 1. The van der Waals surface area contributed by atoms with Gasteiger partial charge in [0.1, 0.15) is 5.58 Å². The van der Waals surface area contributed by atoms with Gasteiger partial charge < -0.3 is 19.2 Å². The van der Waals surface area contributed by atoms with E-state index in [2.05, 4.69) is 10.3 Å². The van der Waals surface area contributed by atoms with Gasteiger partial charge in [-0.2, -0.15) is 0 Å². The molecule has 0 amide bonds. The zero-order chi connectivity index (χ0) is 15.7. The Bertz CT molecular complexity index is 788. The fourth-order valence-electron chi connectivity index (χ4n) is 2.54. The third-order valence-electron chi connectivity index (χ3n) is 3.62. The molecule has 6 nitrogen and oxygen atoms in total. The van der Waals surface area contributed by atoms with Gasteiger partial charge in [-0.05, 0) is 30.7 Å². The summed E-state index contributed by atoms with van der Waals surface area (Å²) in [5.41, 5.74) is 2.73. The largest absolute Gasteiger partial charge is 0.468 e. The van der Waals surface area contributed by atoms with Gasteiger partial charge >= 0.3 is 5.97 Å². The average Bonchev–Trinajstić information content (AvgIpc) is 3.00. The molecule has 1 unspecified atom stereocenters. The summed E-state index contributed by atoms with van der Waals surface area (Å²) in [5, 5.41) is 4.07. The van der Waals surface area contributed by atoms with E-state index in [0.717, 1.165) is 16.5 Å². The maximum atomic E-state index is 12.1. The summed E-state index contributed by atoms with van der Waals surface area (Å²) in [6, 6.07) is 7.58. The van der Waals surface area contributed by atoms with E-state index in [4.69, 9.17) is 13.9 Å². The number of furan rings is 1. The van der Waals surface area contributed by atoms with Crippen molar-refractivity contribution in [3.63, 3.8) is 0 Å². The maximum absolute atomic E-state index is 12.1. The predicted molar refractivity (Wildman–Crippen MR) is 81.3 cm³/mol. The van der Waals surface area contributed by atoms with Crippen LogP contribution in [0.15, 0.2) is 51.2 Å². The number of aliphatic imine (C=N–C) groups is 1. The minimum Gasteiger partial charge on any atom is -0.468 e. The number of rotatable bonds is 2. The van der Waals surface area contributed by atoms with E-state index >= 15 is 0 Å². The lowest BCUT2D eigenvalue weighted by Crippen LogP contribution is -2.36. The van der Waals surface area contributed by atoms with Gasteiger partial charge in [0.05, 0.1) is 37.8 Å². The van der Waals surface area contributed by atoms with E-state index in [1.54, 1.807) is 13.2 Å². The van der Waals surface area contributed by atoms with Gasteiger partial charge in [0, 0.05) is 5.39 Å². The fourth-order valence-corrected chi connectivity index (χ4v) is 2.54. The highest BCUT2D eigenvalue weighted by molar-refractivity contribution is 5.94. The zero-order valence-electron chi connectivity index (χ0n) is 12.5. The molecular weight excluding hydrogens is 284 g/mol. The number of hydrogen-bond acceptors (Lipinski definition) is 6. The second-order valence-electron chi connectivity index (χ2n) is 4.91. The SMILES string of the molecule is COC(=O)C1=C(C)N=C(OC)NC1c1ccc2occc2c1. The Morgan fingerprint density at radius 2 is 2.14 bits per heavy atom. The molecule has 114 valence electrons. The number of benzene rings is 1. The number of hydrogen-bond donors (Lipinski definition) is 1. The van der Waals surface area contributed by atoms with Crippen molar-refractivity contribution in [3.8, 4) is 0 Å². The number of carbonyl (C=O) groups is 1. The van der Waals surface area contributed by atoms with Crippen molar-refractivity contribution in [3.05, 3.63) is 47.4 Å². The highest BCUT2D eigenvalue weighted by atomic mass is 16.5. The van der Waals surface area contributed by atoms with Crippen LogP contribution in [0.5, 0.6) is 0 Å². The highest BCUT2D eigenvalue weighted by Crippen LogP contribution is 2.31. The van der Waals surface area contributed by atoms with Gasteiger partial charge in [-0.25, -0.2) is 9.79 Å². The molecule has 0 aliphatic carbocycles.